The average Bonchev–Trinajstić information content (AvgIpc) is 2.80. The van der Waals surface area contributed by atoms with Crippen LogP contribution in [0.3, 0.4) is 0 Å². The quantitative estimate of drug-likeness (QED) is 0.474. The molecule has 0 aliphatic carbocycles. The second kappa shape index (κ2) is 7.65. The highest BCUT2D eigenvalue weighted by molar-refractivity contribution is 7.16. The predicted molar refractivity (Wildman–Crippen MR) is 100 cm³/mol. The molecule has 0 saturated carbocycles. The second-order valence-electron chi connectivity index (χ2n) is 6.15. The van der Waals surface area contributed by atoms with Gasteiger partial charge >= 0.3 is 5.97 Å². The number of carbonyl (C=O) groups is 2. The molecule has 26 heavy (non-hydrogen) atoms. The van der Waals surface area contributed by atoms with Gasteiger partial charge in [-0.25, -0.2) is 4.79 Å². The lowest BCUT2D eigenvalue weighted by molar-refractivity contribution is -0.385. The number of thiophene rings is 1. The molecule has 1 aromatic heterocycles. The summed E-state index contributed by atoms with van der Waals surface area (Å²) >= 11 is 1.29. The molecule has 0 bridgehead atoms. The number of esters is 1. The van der Waals surface area contributed by atoms with Crippen LogP contribution in [0, 0.1) is 30.9 Å². The van der Waals surface area contributed by atoms with Gasteiger partial charge in [0.05, 0.1) is 16.6 Å². The number of aryl methyl sites for hydroxylation is 2. The van der Waals surface area contributed by atoms with Crippen molar-refractivity contribution in [1.82, 2.24) is 0 Å². The zero-order chi connectivity index (χ0) is 19.6. The smallest absolute Gasteiger partial charge is 0.341 e. The number of carbonyl (C=O) groups excluding carboxylic acids is 2. The van der Waals surface area contributed by atoms with Crippen LogP contribution in [0.1, 0.15) is 50.6 Å². The lowest BCUT2D eigenvalue weighted by Crippen LogP contribution is -2.17. The Bertz CT molecular complexity index is 886. The summed E-state index contributed by atoms with van der Waals surface area (Å²) in [6.45, 7) is 8.74. The van der Waals surface area contributed by atoms with Crippen LogP contribution in [0.25, 0.3) is 0 Å². The fraction of sp³-hybridized carbons (Fsp3) is 0.333. The third-order valence-corrected chi connectivity index (χ3v) is 4.94. The number of ether oxygens (including phenoxy) is 1. The minimum absolute atomic E-state index is 0.0504. The molecule has 1 heterocycles. The van der Waals surface area contributed by atoms with E-state index in [0.29, 0.717) is 16.1 Å². The maximum absolute atomic E-state index is 12.5. The first-order valence-electron chi connectivity index (χ1n) is 7.99. The Morgan fingerprint density at radius 3 is 2.42 bits per heavy atom. The number of nitrogens with zero attached hydrogens (tertiary/aromatic N) is 1. The van der Waals surface area contributed by atoms with Crippen LogP contribution in [-0.2, 0) is 4.74 Å². The number of nitro benzene ring substituents is 1. The van der Waals surface area contributed by atoms with E-state index in [-0.39, 0.29) is 17.4 Å². The normalized spacial score (nSPS) is 10.7. The first-order valence-corrected chi connectivity index (χ1v) is 8.80. The molecule has 1 N–H and O–H groups in total. The largest absolute Gasteiger partial charge is 0.459 e. The fourth-order valence-corrected chi connectivity index (χ4v) is 3.45. The van der Waals surface area contributed by atoms with Gasteiger partial charge in [0.15, 0.2) is 0 Å². The monoisotopic (exact) mass is 376 g/mol. The maximum atomic E-state index is 12.5. The highest BCUT2D eigenvalue weighted by atomic mass is 32.1. The van der Waals surface area contributed by atoms with Crippen molar-refractivity contribution in [2.24, 2.45) is 0 Å². The third-order valence-electron chi connectivity index (χ3n) is 3.81. The molecule has 1 amide bonds. The lowest BCUT2D eigenvalue weighted by Gasteiger charge is -2.10. The van der Waals surface area contributed by atoms with Gasteiger partial charge < -0.3 is 10.1 Å². The summed E-state index contributed by atoms with van der Waals surface area (Å²) in [5.41, 5.74) is 1.72. The molecule has 0 unspecified atom stereocenters. The van der Waals surface area contributed by atoms with Crippen molar-refractivity contribution in [3.63, 3.8) is 0 Å². The summed E-state index contributed by atoms with van der Waals surface area (Å²) in [5.74, 6) is -0.931. The number of anilines is 1. The van der Waals surface area contributed by atoms with Crippen molar-refractivity contribution in [1.29, 1.82) is 0 Å². The first kappa shape index (κ1) is 19.6. The van der Waals surface area contributed by atoms with Crippen LogP contribution in [-0.4, -0.2) is 22.9 Å². The van der Waals surface area contributed by atoms with Crippen molar-refractivity contribution in [3.8, 4) is 0 Å². The minimum Gasteiger partial charge on any atom is -0.459 e. The van der Waals surface area contributed by atoms with Gasteiger partial charge in [-0.1, -0.05) is 0 Å². The molecule has 0 saturated heterocycles. The Morgan fingerprint density at radius 1 is 1.23 bits per heavy atom. The van der Waals surface area contributed by atoms with Gasteiger partial charge in [-0.3, -0.25) is 14.9 Å². The molecule has 0 fully saturated rings. The van der Waals surface area contributed by atoms with Crippen molar-refractivity contribution >= 4 is 33.9 Å². The second-order valence-corrected chi connectivity index (χ2v) is 7.38. The topological polar surface area (TPSA) is 98.5 Å². The molecule has 1 aromatic carbocycles. The van der Waals surface area contributed by atoms with Crippen LogP contribution in [0.4, 0.5) is 10.7 Å². The molecule has 2 rings (SSSR count). The van der Waals surface area contributed by atoms with Crippen molar-refractivity contribution in [2.45, 2.75) is 40.7 Å². The molecule has 0 spiro atoms. The van der Waals surface area contributed by atoms with E-state index in [1.165, 1.54) is 29.5 Å². The molecular formula is C18H20N2O5S. The third kappa shape index (κ3) is 4.08. The van der Waals surface area contributed by atoms with Crippen LogP contribution in [0.2, 0.25) is 0 Å². The number of amides is 1. The SMILES string of the molecule is Cc1cc(C(=O)Nc2sc(C)c(C)c2C(=O)OC(C)C)ccc1[N+](=O)[O-]. The van der Waals surface area contributed by atoms with Crippen LogP contribution >= 0.6 is 11.3 Å². The number of nitrogens with one attached hydrogen (secondary N) is 1. The number of rotatable bonds is 5. The molecule has 0 aliphatic heterocycles. The van der Waals surface area contributed by atoms with Gasteiger partial charge in [0, 0.05) is 22.1 Å². The number of hydrogen-bond donors (Lipinski definition) is 1. The van der Waals surface area contributed by atoms with Gasteiger partial charge in [0.1, 0.15) is 5.00 Å². The lowest BCUT2D eigenvalue weighted by atomic mass is 10.1. The summed E-state index contributed by atoms with van der Waals surface area (Å²) in [6, 6.07) is 4.13. The summed E-state index contributed by atoms with van der Waals surface area (Å²) in [6.07, 6.45) is -0.275. The van der Waals surface area contributed by atoms with E-state index in [1.807, 2.05) is 6.92 Å². The molecule has 0 radical (unpaired) electrons. The standard InChI is InChI=1S/C18H20N2O5S/c1-9(2)25-18(22)15-11(4)12(5)26-17(15)19-16(21)13-6-7-14(20(23)24)10(3)8-13/h6-9H,1-5H3,(H,19,21). The average molecular weight is 376 g/mol. The number of nitro groups is 1. The maximum Gasteiger partial charge on any atom is 0.341 e. The van der Waals surface area contributed by atoms with E-state index in [9.17, 15) is 19.7 Å². The van der Waals surface area contributed by atoms with E-state index in [2.05, 4.69) is 5.32 Å². The Kier molecular flexibility index (Phi) is 5.76. The number of benzene rings is 1. The fourth-order valence-electron chi connectivity index (χ4n) is 2.41. The van der Waals surface area contributed by atoms with Gasteiger partial charge in [-0.2, -0.15) is 0 Å². The van der Waals surface area contributed by atoms with Gasteiger partial charge in [0.25, 0.3) is 11.6 Å². The zero-order valence-electron chi connectivity index (χ0n) is 15.2. The van der Waals surface area contributed by atoms with Gasteiger partial charge in [0.2, 0.25) is 0 Å². The van der Waals surface area contributed by atoms with Crippen molar-refractivity contribution < 1.29 is 19.2 Å². The van der Waals surface area contributed by atoms with Gasteiger partial charge in [-0.15, -0.1) is 11.3 Å². The summed E-state index contributed by atoms with van der Waals surface area (Å²) < 4.78 is 5.26. The highest BCUT2D eigenvalue weighted by Crippen LogP contribution is 2.33. The Labute approximate surface area is 155 Å². The summed E-state index contributed by atoms with van der Waals surface area (Å²) in [5, 5.41) is 14.0. The van der Waals surface area contributed by atoms with E-state index in [1.54, 1.807) is 27.7 Å². The zero-order valence-corrected chi connectivity index (χ0v) is 16.0. The Morgan fingerprint density at radius 2 is 1.88 bits per heavy atom. The highest BCUT2D eigenvalue weighted by Gasteiger charge is 2.24. The molecule has 8 heteroatoms. The molecule has 7 nitrogen and oxygen atoms in total. The van der Waals surface area contributed by atoms with Crippen LogP contribution < -0.4 is 5.32 Å². The van der Waals surface area contributed by atoms with Gasteiger partial charge in [-0.05, 0) is 52.3 Å². The van der Waals surface area contributed by atoms with Crippen LogP contribution in [0.5, 0.6) is 0 Å². The minimum atomic E-state index is -0.497. The Balaban J connectivity index is 2.32. The van der Waals surface area contributed by atoms with Crippen molar-refractivity contribution in [2.75, 3.05) is 5.32 Å². The van der Waals surface area contributed by atoms with Crippen LogP contribution in [0.15, 0.2) is 18.2 Å². The molecule has 2 aromatic rings. The van der Waals surface area contributed by atoms with Crippen molar-refractivity contribution in [3.05, 3.63) is 55.4 Å². The van der Waals surface area contributed by atoms with E-state index >= 15 is 0 Å². The summed E-state index contributed by atoms with van der Waals surface area (Å²) in [7, 11) is 0. The molecule has 0 aliphatic rings. The van der Waals surface area contributed by atoms with E-state index < -0.39 is 16.8 Å². The predicted octanol–water partition coefficient (Wildman–Crippen LogP) is 4.40. The molecule has 138 valence electrons. The first-order chi connectivity index (χ1) is 12.1. The Hall–Kier alpha value is -2.74. The van der Waals surface area contributed by atoms with E-state index in [0.717, 1.165) is 10.4 Å². The summed E-state index contributed by atoms with van der Waals surface area (Å²) in [4.78, 5) is 36.2. The molecular weight excluding hydrogens is 356 g/mol. The number of hydrogen-bond acceptors (Lipinski definition) is 6. The van der Waals surface area contributed by atoms with E-state index in [4.69, 9.17) is 4.74 Å². The molecule has 0 atom stereocenters.